The van der Waals surface area contributed by atoms with Crippen LogP contribution in [0, 0.1) is 22.0 Å². The van der Waals surface area contributed by atoms with E-state index in [0.717, 1.165) is 38.5 Å². The first kappa shape index (κ1) is 12.7. The largest absolute Gasteiger partial charge is 0.366 e. The van der Waals surface area contributed by atoms with Gasteiger partial charge in [-0.25, -0.2) is 0 Å². The van der Waals surface area contributed by atoms with Crippen LogP contribution in [0.1, 0.15) is 6.42 Å². The van der Waals surface area contributed by atoms with Gasteiger partial charge in [0.15, 0.2) is 0 Å². The first-order valence-corrected chi connectivity index (χ1v) is 6.92. The van der Waals surface area contributed by atoms with Gasteiger partial charge in [0.05, 0.1) is 4.92 Å². The second kappa shape index (κ2) is 4.98. The van der Waals surface area contributed by atoms with Crippen molar-refractivity contribution in [3.05, 3.63) is 33.3 Å². The molecule has 0 radical (unpaired) electrons. The van der Waals surface area contributed by atoms with Crippen molar-refractivity contribution in [3.63, 3.8) is 0 Å². The van der Waals surface area contributed by atoms with Crippen LogP contribution in [0.4, 0.5) is 11.4 Å². The van der Waals surface area contributed by atoms with Crippen LogP contribution in [0.5, 0.6) is 0 Å². The Hall–Kier alpha value is -1.33. The van der Waals surface area contributed by atoms with Crippen molar-refractivity contribution in [3.8, 4) is 0 Å². The first-order chi connectivity index (χ1) is 9.15. The Morgan fingerprint density at radius 2 is 2.16 bits per heavy atom. The van der Waals surface area contributed by atoms with Gasteiger partial charge in [-0.1, -0.05) is 11.6 Å². The van der Waals surface area contributed by atoms with Crippen molar-refractivity contribution in [2.45, 2.75) is 6.42 Å². The number of rotatable bonds is 2. The molecule has 0 aromatic heterocycles. The molecule has 3 rings (SSSR count). The van der Waals surface area contributed by atoms with Gasteiger partial charge in [0.25, 0.3) is 5.69 Å². The van der Waals surface area contributed by atoms with Gasteiger partial charge in [0, 0.05) is 24.2 Å². The highest BCUT2D eigenvalue weighted by Gasteiger charge is 2.34. The summed E-state index contributed by atoms with van der Waals surface area (Å²) in [6, 6.07) is 4.78. The third-order valence-electron chi connectivity index (χ3n) is 4.18. The number of hydrogen-bond acceptors (Lipinski definition) is 4. The Morgan fingerprint density at radius 3 is 2.95 bits per heavy atom. The van der Waals surface area contributed by atoms with Crippen LogP contribution in [0.15, 0.2) is 18.2 Å². The quantitative estimate of drug-likeness (QED) is 0.667. The number of nitrogens with zero attached hydrogens (tertiary/aromatic N) is 2. The van der Waals surface area contributed by atoms with Gasteiger partial charge < -0.3 is 10.2 Å². The summed E-state index contributed by atoms with van der Waals surface area (Å²) in [5.74, 6) is 1.31. The maximum absolute atomic E-state index is 11.1. The molecule has 2 heterocycles. The lowest BCUT2D eigenvalue weighted by molar-refractivity contribution is -0.384. The molecule has 6 heteroatoms. The fourth-order valence-electron chi connectivity index (χ4n) is 3.16. The van der Waals surface area contributed by atoms with Crippen LogP contribution >= 0.6 is 11.6 Å². The predicted molar refractivity (Wildman–Crippen MR) is 74.8 cm³/mol. The molecule has 102 valence electrons. The van der Waals surface area contributed by atoms with Crippen molar-refractivity contribution in [2.24, 2.45) is 11.8 Å². The van der Waals surface area contributed by atoms with Crippen LogP contribution in [-0.2, 0) is 0 Å². The van der Waals surface area contributed by atoms with Gasteiger partial charge in [0.1, 0.15) is 5.69 Å². The summed E-state index contributed by atoms with van der Waals surface area (Å²) in [5.41, 5.74) is 0.802. The van der Waals surface area contributed by atoms with Crippen molar-refractivity contribution in [1.29, 1.82) is 0 Å². The number of anilines is 1. The van der Waals surface area contributed by atoms with Gasteiger partial charge in [0.2, 0.25) is 0 Å². The molecule has 0 saturated carbocycles. The maximum atomic E-state index is 11.1. The van der Waals surface area contributed by atoms with E-state index in [1.54, 1.807) is 12.1 Å². The first-order valence-electron chi connectivity index (χ1n) is 6.55. The van der Waals surface area contributed by atoms with E-state index in [2.05, 4.69) is 10.2 Å². The van der Waals surface area contributed by atoms with Gasteiger partial charge >= 0.3 is 0 Å². The normalized spacial score (nSPS) is 26.3. The van der Waals surface area contributed by atoms with Gasteiger partial charge in [-0.05, 0) is 43.5 Å². The summed E-state index contributed by atoms with van der Waals surface area (Å²) in [6.45, 7) is 3.83. The Balaban J connectivity index is 1.89. The predicted octanol–water partition coefficient (Wildman–Crippen LogP) is 2.29. The number of hydrogen-bond donors (Lipinski definition) is 1. The standard InChI is InChI=1S/C13H16ClN3O2/c14-11-1-2-12(17(18)19)13(5-11)16-4-3-9-6-15-7-10(9)8-16/h1-2,5,9-10,15H,3-4,6-8H2. The number of benzene rings is 1. The molecule has 1 aromatic rings. The molecule has 2 atom stereocenters. The molecule has 1 N–H and O–H groups in total. The fourth-order valence-corrected chi connectivity index (χ4v) is 3.32. The summed E-state index contributed by atoms with van der Waals surface area (Å²) in [7, 11) is 0. The zero-order chi connectivity index (χ0) is 13.4. The third kappa shape index (κ3) is 2.40. The molecular weight excluding hydrogens is 266 g/mol. The smallest absolute Gasteiger partial charge is 0.292 e. The Labute approximate surface area is 116 Å². The Kier molecular flexibility index (Phi) is 3.33. The second-order valence-corrected chi connectivity index (χ2v) is 5.74. The molecule has 2 aliphatic rings. The van der Waals surface area contributed by atoms with Crippen LogP contribution in [-0.4, -0.2) is 31.1 Å². The molecular formula is C13H16ClN3O2. The number of halogens is 1. The lowest BCUT2D eigenvalue weighted by Crippen LogP contribution is -2.40. The van der Waals surface area contributed by atoms with Crippen LogP contribution < -0.4 is 10.2 Å². The van der Waals surface area contributed by atoms with E-state index < -0.39 is 0 Å². The molecule has 0 bridgehead atoms. The Bertz CT molecular complexity index is 509. The number of nitro groups is 1. The van der Waals surface area contributed by atoms with E-state index in [1.807, 2.05) is 0 Å². The highest BCUT2D eigenvalue weighted by molar-refractivity contribution is 6.31. The van der Waals surface area contributed by atoms with Crippen LogP contribution in [0.25, 0.3) is 0 Å². The molecule has 2 aliphatic heterocycles. The summed E-state index contributed by atoms with van der Waals surface area (Å²) in [6.07, 6.45) is 1.08. The van der Waals surface area contributed by atoms with Crippen molar-refractivity contribution in [1.82, 2.24) is 5.32 Å². The van der Waals surface area contributed by atoms with Crippen molar-refractivity contribution < 1.29 is 4.92 Å². The monoisotopic (exact) mass is 281 g/mol. The maximum Gasteiger partial charge on any atom is 0.292 e. The minimum atomic E-state index is -0.329. The number of piperidine rings is 1. The van der Waals surface area contributed by atoms with Gasteiger partial charge in [-0.3, -0.25) is 10.1 Å². The molecule has 2 saturated heterocycles. The summed E-state index contributed by atoms with van der Waals surface area (Å²) >= 11 is 5.99. The molecule has 0 amide bonds. The number of nitrogens with one attached hydrogen (secondary N) is 1. The summed E-state index contributed by atoms with van der Waals surface area (Å²) in [5, 5.41) is 15.1. The van der Waals surface area contributed by atoms with Crippen molar-refractivity contribution >= 4 is 23.0 Å². The van der Waals surface area contributed by atoms with Crippen LogP contribution in [0.2, 0.25) is 5.02 Å². The third-order valence-corrected chi connectivity index (χ3v) is 4.41. The molecule has 19 heavy (non-hydrogen) atoms. The van der Waals surface area contributed by atoms with E-state index in [0.29, 0.717) is 16.6 Å². The molecule has 0 spiro atoms. The molecule has 2 unspecified atom stereocenters. The fraction of sp³-hybridized carbons (Fsp3) is 0.538. The average Bonchev–Trinajstić information content (AvgIpc) is 2.85. The van der Waals surface area contributed by atoms with E-state index in [1.165, 1.54) is 6.07 Å². The minimum absolute atomic E-state index is 0.147. The minimum Gasteiger partial charge on any atom is -0.366 e. The van der Waals surface area contributed by atoms with E-state index >= 15 is 0 Å². The summed E-state index contributed by atoms with van der Waals surface area (Å²) in [4.78, 5) is 12.9. The highest BCUT2D eigenvalue weighted by atomic mass is 35.5. The lowest BCUT2D eigenvalue weighted by atomic mass is 9.88. The number of fused-ring (bicyclic) bond motifs is 1. The van der Waals surface area contributed by atoms with E-state index in [-0.39, 0.29) is 10.6 Å². The topological polar surface area (TPSA) is 58.4 Å². The summed E-state index contributed by atoms with van der Waals surface area (Å²) < 4.78 is 0. The lowest BCUT2D eigenvalue weighted by Gasteiger charge is -2.35. The number of nitro benzene ring substituents is 1. The molecule has 0 aliphatic carbocycles. The van der Waals surface area contributed by atoms with Gasteiger partial charge in [-0.15, -0.1) is 0 Å². The zero-order valence-corrected chi connectivity index (χ0v) is 11.3. The van der Waals surface area contributed by atoms with Crippen LogP contribution in [0.3, 0.4) is 0 Å². The Morgan fingerprint density at radius 1 is 1.37 bits per heavy atom. The molecule has 5 nitrogen and oxygen atoms in total. The van der Waals surface area contributed by atoms with Gasteiger partial charge in [-0.2, -0.15) is 0 Å². The van der Waals surface area contributed by atoms with E-state index in [4.69, 9.17) is 11.6 Å². The molecule has 1 aromatic carbocycles. The zero-order valence-electron chi connectivity index (χ0n) is 10.5. The highest BCUT2D eigenvalue weighted by Crippen LogP contribution is 2.36. The SMILES string of the molecule is O=[N+]([O-])c1ccc(Cl)cc1N1CCC2CNCC2C1. The average molecular weight is 282 g/mol. The van der Waals surface area contributed by atoms with E-state index in [9.17, 15) is 10.1 Å². The van der Waals surface area contributed by atoms with Crippen molar-refractivity contribution in [2.75, 3.05) is 31.1 Å². The molecule has 2 fully saturated rings. The second-order valence-electron chi connectivity index (χ2n) is 5.30.